The third-order valence-corrected chi connectivity index (χ3v) is 9.71. The number of amides is 2. The number of nitrogens with one attached hydrogen (secondary N) is 1. The van der Waals surface area contributed by atoms with Gasteiger partial charge in [0.05, 0.1) is 5.51 Å². The smallest absolute Gasteiger partial charge is 0.302 e. The van der Waals surface area contributed by atoms with Crippen LogP contribution in [0.15, 0.2) is 118 Å². The van der Waals surface area contributed by atoms with Gasteiger partial charge in [-0.3, -0.25) is 19.3 Å². The number of ether oxygens (including phenoxy) is 1. The zero-order valence-electron chi connectivity index (χ0n) is 24.6. The van der Waals surface area contributed by atoms with Crippen LogP contribution in [0.25, 0.3) is 0 Å². The van der Waals surface area contributed by atoms with Crippen molar-refractivity contribution < 1.29 is 24.0 Å². The SMILES string of the molecule is CC(=O)OCC1=C(C)N2C(=O)[C@@H](NC(=O)C(=NOC(c3ccccc3)(c3ccccc3)c3ccccc3)c3cscn3)[C@H]2SC1. The lowest BCUT2D eigenvalue weighted by molar-refractivity contribution is -0.145. The monoisotopic (exact) mass is 638 g/mol. The molecule has 1 N–H and O–H groups in total. The Bertz CT molecular complexity index is 1650. The van der Waals surface area contributed by atoms with Gasteiger partial charge in [0, 0.05) is 40.4 Å². The van der Waals surface area contributed by atoms with Crippen LogP contribution in [0.3, 0.4) is 0 Å². The van der Waals surface area contributed by atoms with Crippen LogP contribution >= 0.6 is 23.1 Å². The largest absolute Gasteiger partial charge is 0.461 e. The number of thiazole rings is 1. The summed E-state index contributed by atoms with van der Waals surface area (Å²) in [6.45, 7) is 3.31. The van der Waals surface area contributed by atoms with E-state index in [0.717, 1.165) is 28.0 Å². The molecule has 11 heteroatoms. The van der Waals surface area contributed by atoms with Crippen molar-refractivity contribution in [2.24, 2.45) is 5.16 Å². The Labute approximate surface area is 268 Å². The summed E-state index contributed by atoms with van der Waals surface area (Å²) in [5.41, 5.74) is 4.76. The summed E-state index contributed by atoms with van der Waals surface area (Å²) in [6.07, 6.45) is 0. The molecule has 228 valence electrons. The first-order valence-corrected chi connectivity index (χ1v) is 16.3. The van der Waals surface area contributed by atoms with E-state index in [2.05, 4.69) is 15.5 Å². The number of fused-ring (bicyclic) bond motifs is 1. The molecule has 2 amide bonds. The average Bonchev–Trinajstić information content (AvgIpc) is 3.61. The van der Waals surface area contributed by atoms with E-state index in [9.17, 15) is 14.4 Å². The zero-order valence-corrected chi connectivity index (χ0v) is 26.2. The summed E-state index contributed by atoms with van der Waals surface area (Å²) in [5.74, 6) is -0.627. The van der Waals surface area contributed by atoms with Gasteiger partial charge in [0.15, 0.2) is 5.71 Å². The number of carbonyl (C=O) groups excluding carboxylic acids is 3. The van der Waals surface area contributed by atoms with Gasteiger partial charge in [-0.05, 0) is 12.5 Å². The number of β-lactam (4-membered cyclic amide) rings is 1. The first-order chi connectivity index (χ1) is 21.9. The number of esters is 1. The van der Waals surface area contributed by atoms with Crippen LogP contribution in [0, 0.1) is 0 Å². The fourth-order valence-corrected chi connectivity index (χ4v) is 7.44. The number of hydrogen-bond donors (Lipinski definition) is 1. The van der Waals surface area contributed by atoms with Crippen LogP contribution < -0.4 is 5.32 Å². The van der Waals surface area contributed by atoms with Crippen molar-refractivity contribution in [1.82, 2.24) is 15.2 Å². The summed E-state index contributed by atoms with van der Waals surface area (Å²) in [4.78, 5) is 51.1. The molecule has 6 rings (SSSR count). The minimum atomic E-state index is -1.20. The first kappa shape index (κ1) is 30.3. The second kappa shape index (κ2) is 13.1. The molecule has 0 aliphatic carbocycles. The molecule has 1 fully saturated rings. The highest BCUT2D eigenvalue weighted by atomic mass is 32.2. The van der Waals surface area contributed by atoms with E-state index in [1.165, 1.54) is 30.0 Å². The summed E-state index contributed by atoms with van der Waals surface area (Å²) >= 11 is 2.83. The van der Waals surface area contributed by atoms with Gasteiger partial charge in [-0.25, -0.2) is 4.98 Å². The number of thioether (sulfide) groups is 1. The number of allylic oxidation sites excluding steroid dienone is 1. The standard InChI is InChI=1S/C34H30N4O5S2/c1-22-24(18-42-23(2)39)19-45-33-30(32(41)38(22)33)36-31(40)29(28-20-44-21-35-28)37-43-34(25-12-6-3-7-13-25,26-14-8-4-9-15-26)27-16-10-5-11-17-27/h3-17,20-21,30,33H,18-19H2,1-2H3,(H,36,40)/t30-,33-/m1/s1. The van der Waals surface area contributed by atoms with Crippen molar-refractivity contribution in [3.8, 4) is 0 Å². The van der Waals surface area contributed by atoms with Crippen LogP contribution in [0.4, 0.5) is 0 Å². The van der Waals surface area contributed by atoms with Crippen molar-refractivity contribution in [2.45, 2.75) is 30.9 Å². The lowest BCUT2D eigenvalue weighted by Gasteiger charge is -2.50. The Morgan fingerprint density at radius 3 is 2.07 bits per heavy atom. The molecule has 0 spiro atoms. The second-order valence-electron chi connectivity index (χ2n) is 10.5. The molecular formula is C34H30N4O5S2. The fraction of sp³-hybridized carbons (Fsp3) is 0.206. The molecule has 0 bridgehead atoms. The Hall–Kier alpha value is -4.74. The number of benzene rings is 3. The maximum absolute atomic E-state index is 13.9. The molecular weight excluding hydrogens is 609 g/mol. The molecule has 45 heavy (non-hydrogen) atoms. The molecule has 2 aliphatic rings. The molecule has 0 radical (unpaired) electrons. The highest BCUT2D eigenvalue weighted by molar-refractivity contribution is 8.00. The van der Waals surface area contributed by atoms with E-state index >= 15 is 0 Å². The van der Waals surface area contributed by atoms with E-state index < -0.39 is 17.6 Å². The number of aromatic nitrogens is 1. The van der Waals surface area contributed by atoms with E-state index in [-0.39, 0.29) is 29.6 Å². The summed E-state index contributed by atoms with van der Waals surface area (Å²) < 4.78 is 5.16. The minimum Gasteiger partial charge on any atom is -0.461 e. The van der Waals surface area contributed by atoms with Gasteiger partial charge in [0.25, 0.3) is 11.8 Å². The van der Waals surface area contributed by atoms with E-state index in [1.807, 2.05) is 97.9 Å². The van der Waals surface area contributed by atoms with Crippen LogP contribution in [0.2, 0.25) is 0 Å². The number of nitrogens with zero attached hydrogens (tertiary/aromatic N) is 3. The highest BCUT2D eigenvalue weighted by Gasteiger charge is 2.52. The Morgan fingerprint density at radius 1 is 0.978 bits per heavy atom. The van der Waals surface area contributed by atoms with Gasteiger partial charge in [0.1, 0.15) is 23.7 Å². The average molecular weight is 639 g/mol. The van der Waals surface area contributed by atoms with Gasteiger partial charge < -0.3 is 14.9 Å². The van der Waals surface area contributed by atoms with Crippen molar-refractivity contribution >= 4 is 46.6 Å². The van der Waals surface area contributed by atoms with E-state index in [0.29, 0.717) is 11.4 Å². The van der Waals surface area contributed by atoms with Crippen molar-refractivity contribution in [3.05, 3.63) is 136 Å². The first-order valence-electron chi connectivity index (χ1n) is 14.3. The summed E-state index contributed by atoms with van der Waals surface area (Å²) in [7, 11) is 0. The maximum atomic E-state index is 13.9. The van der Waals surface area contributed by atoms with Gasteiger partial charge in [0.2, 0.25) is 5.60 Å². The zero-order chi connectivity index (χ0) is 31.4. The summed E-state index contributed by atoms with van der Waals surface area (Å²) in [6, 6.07) is 28.4. The highest BCUT2D eigenvalue weighted by Crippen LogP contribution is 2.42. The number of oxime groups is 1. The van der Waals surface area contributed by atoms with E-state index in [1.54, 1.807) is 15.8 Å². The van der Waals surface area contributed by atoms with Gasteiger partial charge in [-0.1, -0.05) is 96.2 Å². The van der Waals surface area contributed by atoms with Crippen molar-refractivity contribution in [1.29, 1.82) is 0 Å². The molecule has 2 aliphatic heterocycles. The molecule has 2 atom stereocenters. The molecule has 4 aromatic rings. The van der Waals surface area contributed by atoms with Gasteiger partial charge >= 0.3 is 5.97 Å². The van der Waals surface area contributed by atoms with Crippen LogP contribution in [-0.4, -0.2) is 57.2 Å². The molecule has 0 unspecified atom stereocenters. The number of rotatable bonds is 10. The second-order valence-corrected chi connectivity index (χ2v) is 12.3. The molecule has 0 saturated carbocycles. The maximum Gasteiger partial charge on any atom is 0.302 e. The van der Waals surface area contributed by atoms with Crippen molar-refractivity contribution in [3.63, 3.8) is 0 Å². The normalized spacial score (nSPS) is 18.1. The topological polar surface area (TPSA) is 110 Å². The fourth-order valence-electron chi connectivity index (χ4n) is 5.45. The predicted octanol–water partition coefficient (Wildman–Crippen LogP) is 5.09. The minimum absolute atomic E-state index is 0.0433. The van der Waals surface area contributed by atoms with Gasteiger partial charge in [-0.2, -0.15) is 0 Å². The van der Waals surface area contributed by atoms with E-state index in [4.69, 9.17) is 9.57 Å². The summed E-state index contributed by atoms with van der Waals surface area (Å²) in [5, 5.41) is 8.85. The third-order valence-electron chi connectivity index (χ3n) is 7.79. The Morgan fingerprint density at radius 2 is 1.56 bits per heavy atom. The van der Waals surface area contributed by atoms with Crippen LogP contribution in [0.5, 0.6) is 0 Å². The van der Waals surface area contributed by atoms with Crippen molar-refractivity contribution in [2.75, 3.05) is 12.4 Å². The molecule has 1 saturated heterocycles. The van der Waals surface area contributed by atoms with Crippen LogP contribution in [0.1, 0.15) is 36.2 Å². The molecule has 3 heterocycles. The van der Waals surface area contributed by atoms with Crippen LogP contribution in [-0.2, 0) is 29.6 Å². The molecule has 1 aromatic heterocycles. The lowest BCUT2D eigenvalue weighted by Crippen LogP contribution is -2.70. The predicted molar refractivity (Wildman–Crippen MR) is 173 cm³/mol. The Balaban J connectivity index is 1.34. The number of carbonyl (C=O) groups is 3. The molecule has 9 nitrogen and oxygen atoms in total. The third kappa shape index (κ3) is 5.88. The molecule has 3 aromatic carbocycles. The number of hydrogen-bond acceptors (Lipinski definition) is 9. The lowest BCUT2D eigenvalue weighted by atomic mass is 9.80. The quantitative estimate of drug-likeness (QED) is 0.0847. The Kier molecular flexibility index (Phi) is 8.81. The van der Waals surface area contributed by atoms with Gasteiger partial charge in [-0.15, -0.1) is 23.1 Å².